The number of piperidine rings is 1. The van der Waals surface area contributed by atoms with Gasteiger partial charge in [-0.05, 0) is 24.0 Å². The zero-order valence-corrected chi connectivity index (χ0v) is 12.0. The van der Waals surface area contributed by atoms with Crippen molar-refractivity contribution in [2.45, 2.75) is 18.3 Å². The SMILES string of the molecule is CON1CCC(c2ccccc2)(c2ccccc2)CC1. The fraction of sp³-hybridized carbons (Fsp3) is 0.333. The summed E-state index contributed by atoms with van der Waals surface area (Å²) in [5, 5.41) is 2.06. The molecule has 0 atom stereocenters. The molecule has 104 valence electrons. The Hall–Kier alpha value is -1.64. The van der Waals surface area contributed by atoms with E-state index in [0.717, 1.165) is 25.9 Å². The molecule has 0 unspecified atom stereocenters. The van der Waals surface area contributed by atoms with Crippen LogP contribution in [0.2, 0.25) is 0 Å². The second kappa shape index (κ2) is 5.78. The zero-order valence-electron chi connectivity index (χ0n) is 12.0. The molecule has 1 fully saturated rings. The van der Waals surface area contributed by atoms with Crippen molar-refractivity contribution in [1.82, 2.24) is 5.06 Å². The van der Waals surface area contributed by atoms with Gasteiger partial charge < -0.3 is 4.84 Å². The highest BCUT2D eigenvalue weighted by molar-refractivity contribution is 5.39. The average Bonchev–Trinajstić information content (AvgIpc) is 2.56. The Morgan fingerprint density at radius 1 is 0.800 bits per heavy atom. The van der Waals surface area contributed by atoms with Crippen LogP contribution in [0.5, 0.6) is 0 Å². The van der Waals surface area contributed by atoms with Crippen molar-refractivity contribution in [3.63, 3.8) is 0 Å². The van der Waals surface area contributed by atoms with E-state index in [2.05, 4.69) is 65.7 Å². The van der Waals surface area contributed by atoms with E-state index < -0.39 is 0 Å². The van der Waals surface area contributed by atoms with Crippen molar-refractivity contribution in [1.29, 1.82) is 0 Å². The number of rotatable bonds is 3. The van der Waals surface area contributed by atoms with E-state index in [-0.39, 0.29) is 5.41 Å². The minimum atomic E-state index is 0.123. The summed E-state index contributed by atoms with van der Waals surface area (Å²) >= 11 is 0. The number of hydrogen-bond donors (Lipinski definition) is 0. The molecule has 3 rings (SSSR count). The first-order valence-electron chi connectivity index (χ1n) is 7.25. The van der Waals surface area contributed by atoms with Crippen molar-refractivity contribution < 1.29 is 4.84 Å². The molecule has 0 radical (unpaired) electrons. The van der Waals surface area contributed by atoms with Gasteiger partial charge in [0.05, 0.1) is 7.11 Å². The van der Waals surface area contributed by atoms with Crippen LogP contribution in [0.15, 0.2) is 60.7 Å². The normalized spacial score (nSPS) is 18.9. The molecule has 0 aliphatic carbocycles. The third kappa shape index (κ3) is 2.37. The van der Waals surface area contributed by atoms with Gasteiger partial charge in [0.1, 0.15) is 0 Å². The van der Waals surface area contributed by atoms with E-state index >= 15 is 0 Å². The van der Waals surface area contributed by atoms with Crippen LogP contribution in [0.4, 0.5) is 0 Å². The van der Waals surface area contributed by atoms with E-state index in [1.807, 2.05) is 0 Å². The largest absolute Gasteiger partial charge is 0.302 e. The molecule has 1 saturated heterocycles. The van der Waals surface area contributed by atoms with Crippen LogP contribution in [0, 0.1) is 0 Å². The van der Waals surface area contributed by atoms with Gasteiger partial charge in [-0.1, -0.05) is 60.7 Å². The lowest BCUT2D eigenvalue weighted by atomic mass is 9.68. The van der Waals surface area contributed by atoms with Crippen molar-refractivity contribution in [3.05, 3.63) is 71.8 Å². The highest BCUT2D eigenvalue weighted by Crippen LogP contribution is 2.41. The third-order valence-corrected chi connectivity index (χ3v) is 4.49. The molecule has 0 spiro atoms. The molecule has 0 aromatic heterocycles. The number of hydroxylamine groups is 2. The maximum atomic E-state index is 5.39. The van der Waals surface area contributed by atoms with E-state index in [0.29, 0.717) is 0 Å². The molecular weight excluding hydrogens is 246 g/mol. The lowest BCUT2D eigenvalue weighted by Gasteiger charge is -2.42. The number of nitrogens with zero attached hydrogens (tertiary/aromatic N) is 1. The van der Waals surface area contributed by atoms with Crippen LogP contribution in [0.25, 0.3) is 0 Å². The quantitative estimate of drug-likeness (QED) is 0.842. The summed E-state index contributed by atoms with van der Waals surface area (Å²) in [6, 6.07) is 21.8. The Morgan fingerprint density at radius 3 is 1.65 bits per heavy atom. The van der Waals surface area contributed by atoms with Gasteiger partial charge in [-0.15, -0.1) is 0 Å². The van der Waals surface area contributed by atoms with Crippen LogP contribution < -0.4 is 0 Å². The van der Waals surface area contributed by atoms with Gasteiger partial charge >= 0.3 is 0 Å². The highest BCUT2D eigenvalue weighted by atomic mass is 16.7. The molecule has 0 saturated carbocycles. The van der Waals surface area contributed by atoms with Gasteiger partial charge in [-0.2, -0.15) is 5.06 Å². The third-order valence-electron chi connectivity index (χ3n) is 4.49. The molecule has 20 heavy (non-hydrogen) atoms. The topological polar surface area (TPSA) is 12.5 Å². The predicted octanol–water partition coefficient (Wildman–Crippen LogP) is 3.63. The first-order valence-corrected chi connectivity index (χ1v) is 7.25. The van der Waals surface area contributed by atoms with Crippen LogP contribution >= 0.6 is 0 Å². The van der Waals surface area contributed by atoms with Gasteiger partial charge in [0.2, 0.25) is 0 Å². The van der Waals surface area contributed by atoms with Crippen LogP contribution in [-0.2, 0) is 10.3 Å². The van der Waals surface area contributed by atoms with Crippen LogP contribution in [0.1, 0.15) is 24.0 Å². The Bertz CT molecular complexity index is 488. The molecule has 2 aromatic carbocycles. The molecule has 2 aromatic rings. The number of hydrogen-bond acceptors (Lipinski definition) is 2. The fourth-order valence-corrected chi connectivity index (χ4v) is 3.31. The van der Waals surface area contributed by atoms with E-state index in [4.69, 9.17) is 4.84 Å². The lowest BCUT2D eigenvalue weighted by molar-refractivity contribution is -0.148. The molecule has 1 heterocycles. The van der Waals surface area contributed by atoms with Crippen molar-refractivity contribution in [3.8, 4) is 0 Å². The zero-order chi connectivity index (χ0) is 13.8. The second-order valence-corrected chi connectivity index (χ2v) is 5.43. The fourth-order valence-electron chi connectivity index (χ4n) is 3.31. The lowest BCUT2D eigenvalue weighted by Crippen LogP contribution is -2.42. The van der Waals surface area contributed by atoms with Gasteiger partial charge in [0.25, 0.3) is 0 Å². The Morgan fingerprint density at radius 2 is 1.25 bits per heavy atom. The first kappa shape index (κ1) is 13.3. The summed E-state index contributed by atoms with van der Waals surface area (Å²) in [4.78, 5) is 5.39. The molecule has 1 aliphatic heterocycles. The van der Waals surface area contributed by atoms with Crippen LogP contribution in [-0.4, -0.2) is 25.3 Å². The molecule has 1 aliphatic rings. The monoisotopic (exact) mass is 267 g/mol. The van der Waals surface area contributed by atoms with Crippen molar-refractivity contribution in [2.24, 2.45) is 0 Å². The Balaban J connectivity index is 2.01. The minimum Gasteiger partial charge on any atom is -0.302 e. The average molecular weight is 267 g/mol. The van der Waals surface area contributed by atoms with Gasteiger partial charge in [-0.25, -0.2) is 0 Å². The van der Waals surface area contributed by atoms with Crippen molar-refractivity contribution >= 4 is 0 Å². The summed E-state index contributed by atoms with van der Waals surface area (Å²) in [6.45, 7) is 1.95. The van der Waals surface area contributed by atoms with Crippen molar-refractivity contribution in [2.75, 3.05) is 20.2 Å². The molecule has 0 bridgehead atoms. The molecule has 2 nitrogen and oxygen atoms in total. The summed E-state index contributed by atoms with van der Waals surface area (Å²) in [6.07, 6.45) is 2.18. The first-order chi connectivity index (χ1) is 9.85. The number of benzene rings is 2. The summed E-state index contributed by atoms with van der Waals surface area (Å²) in [5.74, 6) is 0. The smallest absolute Gasteiger partial charge is 0.0575 e. The minimum absolute atomic E-state index is 0.123. The molecule has 2 heteroatoms. The maximum absolute atomic E-state index is 5.39. The molecular formula is C18H21NO. The Kier molecular flexibility index (Phi) is 3.86. The maximum Gasteiger partial charge on any atom is 0.0575 e. The highest BCUT2D eigenvalue weighted by Gasteiger charge is 2.37. The predicted molar refractivity (Wildman–Crippen MR) is 81.5 cm³/mol. The standard InChI is InChI=1S/C18H21NO/c1-20-19-14-12-18(13-15-19,16-8-4-2-5-9-16)17-10-6-3-7-11-17/h2-11H,12-15H2,1H3. The molecule has 0 N–H and O–H groups in total. The van der Waals surface area contributed by atoms with E-state index in [1.54, 1.807) is 7.11 Å². The van der Waals surface area contributed by atoms with E-state index in [1.165, 1.54) is 11.1 Å². The van der Waals surface area contributed by atoms with E-state index in [9.17, 15) is 0 Å². The summed E-state index contributed by atoms with van der Waals surface area (Å²) in [7, 11) is 1.76. The second-order valence-electron chi connectivity index (χ2n) is 5.43. The van der Waals surface area contributed by atoms with Crippen LogP contribution in [0.3, 0.4) is 0 Å². The van der Waals surface area contributed by atoms with Gasteiger partial charge in [0.15, 0.2) is 0 Å². The Labute approximate surface area is 120 Å². The molecule has 0 amide bonds. The van der Waals surface area contributed by atoms with Gasteiger partial charge in [-0.3, -0.25) is 0 Å². The van der Waals surface area contributed by atoms with Gasteiger partial charge in [0, 0.05) is 18.5 Å². The summed E-state index contributed by atoms with van der Waals surface area (Å²) < 4.78 is 0. The summed E-state index contributed by atoms with van der Waals surface area (Å²) in [5.41, 5.74) is 2.96.